The SMILES string of the molecule is C#CCN(CC)c1ccc(Cl)cc1CO. The van der Waals surface area contributed by atoms with Crippen LogP contribution >= 0.6 is 11.6 Å². The van der Waals surface area contributed by atoms with E-state index in [-0.39, 0.29) is 6.61 Å². The fraction of sp³-hybridized carbons (Fsp3) is 0.333. The Morgan fingerprint density at radius 1 is 1.53 bits per heavy atom. The fourth-order valence-corrected chi connectivity index (χ4v) is 1.66. The number of anilines is 1. The summed E-state index contributed by atoms with van der Waals surface area (Å²) in [5, 5.41) is 9.84. The molecule has 2 nitrogen and oxygen atoms in total. The average molecular weight is 224 g/mol. The summed E-state index contributed by atoms with van der Waals surface area (Å²) in [4.78, 5) is 2.02. The second kappa shape index (κ2) is 5.65. The van der Waals surface area contributed by atoms with Gasteiger partial charge in [0.25, 0.3) is 0 Å². The number of aliphatic hydroxyl groups excluding tert-OH is 1. The maximum atomic E-state index is 9.22. The van der Waals surface area contributed by atoms with Gasteiger partial charge in [-0.25, -0.2) is 0 Å². The van der Waals surface area contributed by atoms with Gasteiger partial charge >= 0.3 is 0 Å². The highest BCUT2D eigenvalue weighted by atomic mass is 35.5. The molecule has 15 heavy (non-hydrogen) atoms. The van der Waals surface area contributed by atoms with Gasteiger partial charge in [-0.3, -0.25) is 0 Å². The molecule has 0 aliphatic rings. The highest BCUT2D eigenvalue weighted by Crippen LogP contribution is 2.24. The molecule has 0 atom stereocenters. The van der Waals surface area contributed by atoms with E-state index in [2.05, 4.69) is 5.92 Å². The van der Waals surface area contributed by atoms with E-state index >= 15 is 0 Å². The maximum Gasteiger partial charge on any atom is 0.0791 e. The molecule has 0 spiro atoms. The summed E-state index contributed by atoms with van der Waals surface area (Å²) in [6, 6.07) is 5.44. The summed E-state index contributed by atoms with van der Waals surface area (Å²) < 4.78 is 0. The number of aliphatic hydroxyl groups is 1. The molecule has 0 aromatic heterocycles. The molecular formula is C12H14ClNO. The minimum Gasteiger partial charge on any atom is -0.392 e. The average Bonchev–Trinajstić information content (AvgIpc) is 2.26. The molecule has 0 bridgehead atoms. The third-order valence-electron chi connectivity index (χ3n) is 2.22. The third-order valence-corrected chi connectivity index (χ3v) is 2.45. The first-order valence-corrected chi connectivity index (χ1v) is 5.18. The molecule has 1 aromatic carbocycles. The number of nitrogens with zero attached hydrogens (tertiary/aromatic N) is 1. The molecule has 3 heteroatoms. The first kappa shape index (κ1) is 11.9. The Hall–Kier alpha value is -1.17. The van der Waals surface area contributed by atoms with Gasteiger partial charge in [0.2, 0.25) is 0 Å². The molecule has 1 rings (SSSR count). The summed E-state index contributed by atoms with van der Waals surface area (Å²) >= 11 is 5.85. The Bertz CT molecular complexity index is 370. The lowest BCUT2D eigenvalue weighted by molar-refractivity contribution is 0.282. The number of halogens is 1. The van der Waals surface area contributed by atoms with Gasteiger partial charge in [-0.2, -0.15) is 0 Å². The smallest absolute Gasteiger partial charge is 0.0791 e. The molecule has 0 unspecified atom stereocenters. The number of benzene rings is 1. The Labute approximate surface area is 95.5 Å². The van der Waals surface area contributed by atoms with Crippen LogP contribution in [-0.2, 0) is 6.61 Å². The standard InChI is InChI=1S/C12H14ClNO/c1-3-7-14(4-2)12-6-5-11(13)8-10(12)9-15/h1,5-6,8,15H,4,7,9H2,2H3. The van der Waals surface area contributed by atoms with Gasteiger partial charge in [-0.15, -0.1) is 6.42 Å². The lowest BCUT2D eigenvalue weighted by atomic mass is 10.1. The minimum atomic E-state index is -0.0308. The fourth-order valence-electron chi connectivity index (χ4n) is 1.47. The van der Waals surface area contributed by atoms with Crippen LogP contribution in [0.15, 0.2) is 18.2 Å². The summed E-state index contributed by atoms with van der Waals surface area (Å²) in [6.07, 6.45) is 5.28. The first-order valence-electron chi connectivity index (χ1n) is 4.80. The first-order chi connectivity index (χ1) is 7.22. The van der Waals surface area contributed by atoms with Gasteiger partial charge in [-0.05, 0) is 25.1 Å². The van der Waals surface area contributed by atoms with Crippen molar-refractivity contribution in [2.75, 3.05) is 18.0 Å². The third kappa shape index (κ3) is 2.89. The normalized spacial score (nSPS) is 9.73. The zero-order valence-electron chi connectivity index (χ0n) is 8.70. The summed E-state index contributed by atoms with van der Waals surface area (Å²) in [5.41, 5.74) is 1.75. The number of rotatable bonds is 4. The van der Waals surface area contributed by atoms with Crippen LogP contribution in [0.3, 0.4) is 0 Å². The lowest BCUT2D eigenvalue weighted by Crippen LogP contribution is -2.24. The summed E-state index contributed by atoms with van der Waals surface area (Å²) in [7, 11) is 0. The molecule has 80 valence electrons. The van der Waals surface area contributed by atoms with Gasteiger partial charge in [0.1, 0.15) is 0 Å². The maximum absolute atomic E-state index is 9.22. The van der Waals surface area contributed by atoms with Crippen LogP contribution < -0.4 is 4.90 Å². The van der Waals surface area contributed by atoms with E-state index in [1.54, 1.807) is 12.1 Å². The van der Waals surface area contributed by atoms with E-state index in [0.29, 0.717) is 11.6 Å². The van der Waals surface area contributed by atoms with Crippen molar-refractivity contribution in [1.29, 1.82) is 0 Å². The highest BCUT2D eigenvalue weighted by Gasteiger charge is 2.08. The molecule has 0 aliphatic carbocycles. The Kier molecular flexibility index (Phi) is 4.48. The number of terminal acetylenes is 1. The lowest BCUT2D eigenvalue weighted by Gasteiger charge is -2.23. The number of hydrogen-bond acceptors (Lipinski definition) is 2. The Morgan fingerprint density at radius 2 is 2.27 bits per heavy atom. The molecule has 1 N–H and O–H groups in total. The van der Waals surface area contributed by atoms with E-state index < -0.39 is 0 Å². The topological polar surface area (TPSA) is 23.5 Å². The predicted octanol–water partition coefficient (Wildman–Crippen LogP) is 2.29. The molecule has 0 radical (unpaired) electrons. The number of hydrogen-bond donors (Lipinski definition) is 1. The van der Waals surface area contributed by atoms with Crippen LogP contribution in [-0.4, -0.2) is 18.2 Å². The minimum absolute atomic E-state index is 0.0308. The van der Waals surface area contributed by atoms with Crippen molar-refractivity contribution in [2.24, 2.45) is 0 Å². The van der Waals surface area contributed by atoms with Crippen LogP contribution in [0.4, 0.5) is 5.69 Å². The summed E-state index contributed by atoms with van der Waals surface area (Å²) in [6.45, 7) is 3.33. The molecule has 0 heterocycles. The van der Waals surface area contributed by atoms with Crippen LogP contribution in [0.1, 0.15) is 12.5 Å². The van der Waals surface area contributed by atoms with Crippen LogP contribution in [0.5, 0.6) is 0 Å². The Balaban J connectivity index is 3.06. The second-order valence-electron chi connectivity index (χ2n) is 3.15. The quantitative estimate of drug-likeness (QED) is 0.792. The van der Waals surface area contributed by atoms with E-state index in [9.17, 15) is 5.11 Å². The van der Waals surface area contributed by atoms with Crippen LogP contribution in [0, 0.1) is 12.3 Å². The van der Waals surface area contributed by atoms with Crippen molar-refractivity contribution in [1.82, 2.24) is 0 Å². The Morgan fingerprint density at radius 3 is 2.80 bits per heavy atom. The van der Waals surface area contributed by atoms with Crippen molar-refractivity contribution < 1.29 is 5.11 Å². The second-order valence-corrected chi connectivity index (χ2v) is 3.59. The highest BCUT2D eigenvalue weighted by molar-refractivity contribution is 6.30. The monoisotopic (exact) mass is 223 g/mol. The molecule has 0 aliphatic heterocycles. The zero-order valence-corrected chi connectivity index (χ0v) is 9.46. The van der Waals surface area contributed by atoms with Gasteiger partial charge in [0, 0.05) is 22.8 Å². The van der Waals surface area contributed by atoms with Gasteiger partial charge < -0.3 is 10.0 Å². The van der Waals surface area contributed by atoms with Crippen molar-refractivity contribution in [3.63, 3.8) is 0 Å². The molecule has 0 amide bonds. The molecular weight excluding hydrogens is 210 g/mol. The van der Waals surface area contributed by atoms with Crippen molar-refractivity contribution >= 4 is 17.3 Å². The molecule has 0 saturated heterocycles. The predicted molar refractivity (Wildman–Crippen MR) is 64.1 cm³/mol. The van der Waals surface area contributed by atoms with Gasteiger partial charge in [0.15, 0.2) is 0 Å². The summed E-state index contributed by atoms with van der Waals surface area (Å²) in [5.74, 6) is 2.59. The molecule has 1 aromatic rings. The van der Waals surface area contributed by atoms with Crippen molar-refractivity contribution in [3.05, 3.63) is 28.8 Å². The van der Waals surface area contributed by atoms with Crippen LogP contribution in [0.25, 0.3) is 0 Å². The van der Waals surface area contributed by atoms with E-state index in [4.69, 9.17) is 18.0 Å². The van der Waals surface area contributed by atoms with Gasteiger partial charge in [-0.1, -0.05) is 17.5 Å². The van der Waals surface area contributed by atoms with Crippen molar-refractivity contribution in [2.45, 2.75) is 13.5 Å². The van der Waals surface area contributed by atoms with E-state index in [0.717, 1.165) is 17.8 Å². The largest absolute Gasteiger partial charge is 0.392 e. The van der Waals surface area contributed by atoms with Crippen LogP contribution in [0.2, 0.25) is 5.02 Å². The van der Waals surface area contributed by atoms with Gasteiger partial charge in [0.05, 0.1) is 13.2 Å². The van der Waals surface area contributed by atoms with E-state index in [1.807, 2.05) is 17.9 Å². The molecule has 0 fully saturated rings. The molecule has 0 saturated carbocycles. The van der Waals surface area contributed by atoms with E-state index in [1.165, 1.54) is 0 Å². The zero-order chi connectivity index (χ0) is 11.3. The van der Waals surface area contributed by atoms with Crippen molar-refractivity contribution in [3.8, 4) is 12.3 Å².